The number of thioether (sulfide) groups is 1. The highest BCUT2D eigenvalue weighted by Crippen LogP contribution is 2.67. The molecule has 4 rings (SSSR count). The molecule has 0 aromatic heterocycles. The summed E-state index contributed by atoms with van der Waals surface area (Å²) in [7, 11) is 0. The number of rotatable bonds is 14. The predicted octanol–water partition coefficient (Wildman–Crippen LogP) is 3.62. The minimum Gasteiger partial charge on any atom is -0.461 e. The summed E-state index contributed by atoms with van der Waals surface area (Å²) in [4.78, 5) is 45.3. The Balaban J connectivity index is 1.74. The van der Waals surface area contributed by atoms with Crippen molar-refractivity contribution in [3.05, 3.63) is 61.2 Å². The van der Waals surface area contributed by atoms with Crippen molar-refractivity contribution in [2.24, 2.45) is 11.8 Å². The average Bonchev–Trinajstić information content (AvgIpc) is 3.57. The molecule has 0 saturated carbocycles. The summed E-state index contributed by atoms with van der Waals surface area (Å²) in [6.45, 7) is 10.4. The summed E-state index contributed by atoms with van der Waals surface area (Å²) in [6, 6.07) is 8.36. The van der Waals surface area contributed by atoms with Gasteiger partial charge in [0, 0.05) is 18.3 Å². The zero-order valence-corrected chi connectivity index (χ0v) is 23.1. The molecule has 2 amide bonds. The molecule has 8 heteroatoms. The number of amides is 2. The van der Waals surface area contributed by atoms with Crippen molar-refractivity contribution in [3.8, 4) is 0 Å². The third-order valence-corrected chi connectivity index (χ3v) is 10.2. The number of carbonyl (C=O) groups excluding carboxylic acids is 3. The Morgan fingerprint density at radius 3 is 2.68 bits per heavy atom. The van der Waals surface area contributed by atoms with E-state index in [9.17, 15) is 19.5 Å². The number of likely N-dealkylation sites (tertiary alicyclic amines) is 1. The van der Waals surface area contributed by atoms with E-state index in [-0.39, 0.29) is 30.3 Å². The molecule has 1 N–H and O–H groups in total. The number of aliphatic hydroxyl groups is 1. The van der Waals surface area contributed by atoms with Crippen molar-refractivity contribution in [3.63, 3.8) is 0 Å². The maximum absolute atomic E-state index is 14.4. The summed E-state index contributed by atoms with van der Waals surface area (Å²) in [5.74, 6) is -1.99. The van der Waals surface area contributed by atoms with Crippen LogP contribution in [0.15, 0.2) is 55.6 Å². The molecule has 1 spiro atoms. The molecule has 38 heavy (non-hydrogen) atoms. The monoisotopic (exact) mass is 540 g/mol. The number of nitrogens with zero attached hydrogens (tertiary/aromatic N) is 2. The first kappa shape index (κ1) is 28.4. The van der Waals surface area contributed by atoms with Gasteiger partial charge in [-0.25, -0.2) is 0 Å². The van der Waals surface area contributed by atoms with Gasteiger partial charge in [0.2, 0.25) is 11.8 Å². The molecule has 3 heterocycles. The van der Waals surface area contributed by atoms with Crippen molar-refractivity contribution in [2.45, 2.75) is 67.5 Å². The Hall–Kier alpha value is -2.58. The maximum atomic E-state index is 14.4. The molecule has 2 unspecified atom stereocenters. The number of aliphatic hydroxyl groups excluding tert-OH is 1. The van der Waals surface area contributed by atoms with Crippen LogP contribution in [0.5, 0.6) is 0 Å². The molecule has 3 fully saturated rings. The van der Waals surface area contributed by atoms with Gasteiger partial charge >= 0.3 is 5.97 Å². The molecule has 3 aliphatic rings. The lowest BCUT2D eigenvalue weighted by Gasteiger charge is -2.39. The highest BCUT2D eigenvalue weighted by atomic mass is 32.2. The van der Waals surface area contributed by atoms with E-state index >= 15 is 0 Å². The Kier molecular flexibility index (Phi) is 9.36. The summed E-state index contributed by atoms with van der Waals surface area (Å²) < 4.78 is 4.73. The highest BCUT2D eigenvalue weighted by Gasteiger charge is 2.74. The number of carbonyl (C=O) groups is 3. The Morgan fingerprint density at radius 1 is 1.26 bits per heavy atom. The van der Waals surface area contributed by atoms with Crippen molar-refractivity contribution in [2.75, 3.05) is 26.3 Å². The Bertz CT molecular complexity index is 1030. The van der Waals surface area contributed by atoms with E-state index in [0.717, 1.165) is 31.2 Å². The van der Waals surface area contributed by atoms with Gasteiger partial charge in [0.15, 0.2) is 0 Å². The van der Waals surface area contributed by atoms with E-state index in [1.54, 1.807) is 27.6 Å². The molecular weight excluding hydrogens is 500 g/mol. The second kappa shape index (κ2) is 12.5. The summed E-state index contributed by atoms with van der Waals surface area (Å²) in [5.41, 5.74) is 0.977. The zero-order chi connectivity index (χ0) is 27.3. The van der Waals surface area contributed by atoms with Crippen LogP contribution in [0, 0.1) is 11.8 Å². The molecule has 3 aliphatic heterocycles. The minimum absolute atomic E-state index is 0.0617. The Morgan fingerprint density at radius 2 is 2.03 bits per heavy atom. The van der Waals surface area contributed by atoms with Crippen molar-refractivity contribution in [1.82, 2.24) is 9.80 Å². The first-order valence-electron chi connectivity index (χ1n) is 13.7. The number of unbranched alkanes of at least 4 members (excludes halogenated alkanes) is 2. The SMILES string of the molecule is C=CCOC(=O)[C@@H]1[C@@H]2CCC3(S2)C(C(=O)N(CC=C)CCCCC)N([C@@H](CO)Cc2ccccc2)C(=O)[C@H]13. The second-order valence-electron chi connectivity index (χ2n) is 10.5. The van der Waals surface area contributed by atoms with Gasteiger partial charge in [-0.15, -0.1) is 18.3 Å². The van der Waals surface area contributed by atoms with Gasteiger partial charge in [0.05, 0.1) is 29.2 Å². The number of benzene rings is 1. The van der Waals surface area contributed by atoms with Crippen molar-refractivity contribution >= 4 is 29.5 Å². The molecule has 1 aromatic carbocycles. The third-order valence-electron chi connectivity index (χ3n) is 8.20. The van der Waals surface area contributed by atoms with Crippen LogP contribution in [-0.4, -0.2) is 81.1 Å². The van der Waals surface area contributed by atoms with E-state index in [1.165, 1.54) is 6.08 Å². The molecular formula is C30H40N2O5S. The fourth-order valence-electron chi connectivity index (χ4n) is 6.58. The van der Waals surface area contributed by atoms with Crippen LogP contribution in [0.1, 0.15) is 44.6 Å². The molecule has 0 aliphatic carbocycles. The molecule has 1 aromatic rings. The molecule has 7 nitrogen and oxygen atoms in total. The number of esters is 1. The molecule has 6 atom stereocenters. The standard InChI is InChI=1S/C30H40N2O5S/c1-4-7-11-17-31(16-5-2)28(35)26-30-15-14-23(38-30)24(29(36)37-18-6-3)25(30)27(34)32(26)22(20-33)19-21-12-9-8-10-13-21/h5-6,8-10,12-13,22-26,33H,2-4,7,11,14-20H2,1H3/t22-,23+,24-,25+,26?,30?/m1/s1. The van der Waals surface area contributed by atoms with Gasteiger partial charge in [-0.05, 0) is 31.2 Å². The van der Waals surface area contributed by atoms with Gasteiger partial charge in [0.25, 0.3) is 0 Å². The first-order chi connectivity index (χ1) is 18.4. The van der Waals surface area contributed by atoms with Crippen LogP contribution in [-0.2, 0) is 25.5 Å². The molecule has 206 valence electrons. The van der Waals surface area contributed by atoms with Gasteiger partial charge in [-0.2, -0.15) is 0 Å². The fourth-order valence-corrected chi connectivity index (χ4v) is 8.77. The zero-order valence-electron chi connectivity index (χ0n) is 22.3. The van der Waals surface area contributed by atoms with E-state index in [1.807, 2.05) is 30.3 Å². The molecule has 0 radical (unpaired) electrons. The predicted molar refractivity (Wildman–Crippen MR) is 149 cm³/mol. The van der Waals surface area contributed by atoms with Gasteiger partial charge in [-0.1, -0.05) is 68.8 Å². The first-order valence-corrected chi connectivity index (χ1v) is 14.6. The maximum Gasteiger partial charge on any atom is 0.311 e. The lowest BCUT2D eigenvalue weighted by Crippen LogP contribution is -2.58. The van der Waals surface area contributed by atoms with Crippen LogP contribution >= 0.6 is 11.8 Å². The van der Waals surface area contributed by atoms with E-state index in [0.29, 0.717) is 25.9 Å². The van der Waals surface area contributed by atoms with Crippen LogP contribution in [0.25, 0.3) is 0 Å². The second-order valence-corrected chi connectivity index (χ2v) is 12.1. The third kappa shape index (κ3) is 5.17. The lowest BCUT2D eigenvalue weighted by atomic mass is 9.71. The summed E-state index contributed by atoms with van der Waals surface area (Å²) >= 11 is 1.62. The van der Waals surface area contributed by atoms with E-state index in [2.05, 4.69) is 20.1 Å². The molecule has 3 saturated heterocycles. The summed E-state index contributed by atoms with van der Waals surface area (Å²) in [5, 5.41) is 10.5. The largest absolute Gasteiger partial charge is 0.461 e. The quantitative estimate of drug-likeness (QED) is 0.220. The van der Waals surface area contributed by atoms with Gasteiger partial charge in [0.1, 0.15) is 12.6 Å². The lowest BCUT2D eigenvalue weighted by molar-refractivity contribution is -0.153. The number of hydrogen-bond donors (Lipinski definition) is 1. The smallest absolute Gasteiger partial charge is 0.311 e. The number of ether oxygens (including phenoxy) is 1. The van der Waals surface area contributed by atoms with Crippen LogP contribution in [0.3, 0.4) is 0 Å². The number of fused-ring (bicyclic) bond motifs is 1. The minimum atomic E-state index is -0.755. The van der Waals surface area contributed by atoms with Crippen molar-refractivity contribution in [1.29, 1.82) is 0 Å². The average molecular weight is 541 g/mol. The number of hydrogen-bond acceptors (Lipinski definition) is 6. The normalized spacial score (nSPS) is 28.2. The van der Waals surface area contributed by atoms with Crippen LogP contribution in [0.2, 0.25) is 0 Å². The van der Waals surface area contributed by atoms with Crippen LogP contribution < -0.4 is 0 Å². The van der Waals surface area contributed by atoms with Crippen molar-refractivity contribution < 1.29 is 24.2 Å². The topological polar surface area (TPSA) is 87.2 Å². The van der Waals surface area contributed by atoms with E-state index in [4.69, 9.17) is 4.74 Å². The highest BCUT2D eigenvalue weighted by molar-refractivity contribution is 8.02. The van der Waals surface area contributed by atoms with E-state index < -0.39 is 34.6 Å². The van der Waals surface area contributed by atoms with Gasteiger partial charge < -0.3 is 19.6 Å². The summed E-state index contributed by atoms with van der Waals surface area (Å²) in [6.07, 6.45) is 8.00. The van der Waals surface area contributed by atoms with Gasteiger partial charge in [-0.3, -0.25) is 14.4 Å². The fraction of sp³-hybridized carbons (Fsp3) is 0.567. The van der Waals surface area contributed by atoms with Crippen LogP contribution in [0.4, 0.5) is 0 Å². The molecule has 2 bridgehead atoms. The Labute approximate surface area is 230 Å².